The van der Waals surface area contributed by atoms with Crippen LogP contribution in [-0.2, 0) is 21.0 Å². The van der Waals surface area contributed by atoms with E-state index in [0.29, 0.717) is 24.2 Å². The highest BCUT2D eigenvalue weighted by molar-refractivity contribution is 7.85. The van der Waals surface area contributed by atoms with E-state index in [4.69, 9.17) is 0 Å². The first-order chi connectivity index (χ1) is 13.3. The smallest absolute Gasteiger partial charge is 0.159 e. The van der Waals surface area contributed by atoms with Crippen LogP contribution < -0.4 is 0 Å². The van der Waals surface area contributed by atoms with Gasteiger partial charge in [0, 0.05) is 16.2 Å². The highest BCUT2D eigenvalue weighted by Crippen LogP contribution is 2.60. The summed E-state index contributed by atoms with van der Waals surface area (Å²) in [5, 5.41) is 10.2. The number of hydrogen-bond acceptors (Lipinski definition) is 3. The summed E-state index contributed by atoms with van der Waals surface area (Å²) in [6.45, 7) is 5.97. The van der Waals surface area contributed by atoms with Gasteiger partial charge in [-0.15, -0.1) is 0 Å². The molecule has 3 nitrogen and oxygen atoms in total. The Hall–Kier alpha value is -2.51. The molecule has 0 aliphatic heterocycles. The van der Waals surface area contributed by atoms with Crippen LogP contribution in [0.1, 0.15) is 44.2 Å². The quantitative estimate of drug-likeness (QED) is 0.741. The molecule has 0 unspecified atom stereocenters. The van der Waals surface area contributed by atoms with Gasteiger partial charge in [-0.2, -0.15) is 5.26 Å². The fourth-order valence-corrected chi connectivity index (χ4v) is 6.20. The molecule has 2 aliphatic carbocycles. The lowest BCUT2D eigenvalue weighted by Crippen LogP contribution is -2.25. The molecule has 0 N–H and O–H groups in total. The maximum atomic E-state index is 13.4. The summed E-state index contributed by atoms with van der Waals surface area (Å²) in [6, 6.07) is 17.8. The fraction of sp³-hybridized carbons (Fsp3) is 0.333. The Morgan fingerprint density at radius 3 is 2.36 bits per heavy atom. The molecule has 4 heteroatoms. The van der Waals surface area contributed by atoms with Crippen molar-refractivity contribution in [1.29, 1.82) is 5.26 Å². The summed E-state index contributed by atoms with van der Waals surface area (Å²) < 4.78 is 13.4. The molecular weight excluding hydrogens is 366 g/mol. The second-order valence-corrected chi connectivity index (χ2v) is 9.84. The molecule has 2 aliphatic rings. The Kier molecular flexibility index (Phi) is 4.39. The van der Waals surface area contributed by atoms with Crippen molar-refractivity contribution in [2.75, 3.05) is 0 Å². The van der Waals surface area contributed by atoms with Gasteiger partial charge in [-0.05, 0) is 61.4 Å². The molecule has 0 aromatic heterocycles. The molecule has 0 radical (unpaired) electrons. The van der Waals surface area contributed by atoms with Crippen molar-refractivity contribution < 1.29 is 9.00 Å². The number of Topliss-reactive ketones (excluding diaryl/α,β-unsaturated/α-hetero) is 1. The first-order valence-electron chi connectivity index (χ1n) is 9.52. The number of carbonyl (C=O) groups excluding carboxylic acids is 1. The zero-order chi connectivity index (χ0) is 20.1. The van der Waals surface area contributed by atoms with E-state index >= 15 is 0 Å². The van der Waals surface area contributed by atoms with Gasteiger partial charge >= 0.3 is 0 Å². The molecule has 142 valence electrons. The molecule has 0 bridgehead atoms. The number of carbonyl (C=O) groups is 1. The van der Waals surface area contributed by atoms with E-state index in [1.54, 1.807) is 0 Å². The molecule has 0 amide bonds. The van der Waals surface area contributed by atoms with E-state index in [1.807, 2.05) is 62.4 Å². The van der Waals surface area contributed by atoms with Crippen LogP contribution >= 0.6 is 0 Å². The van der Waals surface area contributed by atoms with Gasteiger partial charge in [-0.25, -0.2) is 4.21 Å². The maximum Gasteiger partial charge on any atom is 0.159 e. The Bertz CT molecular complexity index is 1080. The molecule has 2 aromatic carbocycles. The summed E-state index contributed by atoms with van der Waals surface area (Å²) in [7, 11) is -1.36. The first-order valence-corrected chi connectivity index (χ1v) is 10.7. The number of allylic oxidation sites excluding steroid dienone is 2. The molecule has 1 fully saturated rings. The van der Waals surface area contributed by atoms with E-state index < -0.39 is 16.2 Å². The minimum absolute atomic E-state index is 0.195. The van der Waals surface area contributed by atoms with Crippen LogP contribution in [0.5, 0.6) is 0 Å². The lowest BCUT2D eigenvalue weighted by molar-refractivity contribution is -0.116. The standard InChI is InChI=1S/C24H23NO2S/c1-16-8-10-18(11-9-16)28(27)22-7-5-4-6-19(22)24(15-25)12-20-17(2)21(26)13-23(20,3)14-24/h4-11H,12-14H2,1-3H3/t23-,24+,28+/m1/s1. The van der Waals surface area contributed by atoms with Gasteiger partial charge in [0.25, 0.3) is 0 Å². The third-order valence-electron chi connectivity index (χ3n) is 6.37. The fourth-order valence-electron chi connectivity index (χ4n) is 4.90. The van der Waals surface area contributed by atoms with Crippen LogP contribution in [-0.4, -0.2) is 9.99 Å². The van der Waals surface area contributed by atoms with Gasteiger partial charge in [0.1, 0.15) is 0 Å². The van der Waals surface area contributed by atoms with Crippen molar-refractivity contribution in [1.82, 2.24) is 0 Å². The van der Waals surface area contributed by atoms with Crippen molar-refractivity contribution in [2.24, 2.45) is 5.41 Å². The number of hydrogen-bond donors (Lipinski definition) is 0. The highest BCUT2D eigenvalue weighted by Gasteiger charge is 2.55. The molecule has 3 atom stereocenters. The molecule has 0 saturated heterocycles. The molecular formula is C24H23NO2S. The minimum atomic E-state index is -1.36. The average Bonchev–Trinajstić information content (AvgIpc) is 3.10. The van der Waals surface area contributed by atoms with Gasteiger partial charge < -0.3 is 0 Å². The summed E-state index contributed by atoms with van der Waals surface area (Å²) in [4.78, 5) is 13.7. The monoisotopic (exact) mass is 389 g/mol. The molecule has 4 rings (SSSR count). The van der Waals surface area contributed by atoms with Gasteiger partial charge in [-0.3, -0.25) is 4.79 Å². The Labute approximate surface area is 168 Å². The second-order valence-electron chi connectivity index (χ2n) is 8.39. The number of aryl methyl sites for hydroxylation is 1. The SMILES string of the molecule is CC1=C2C[C@](C#N)(c3ccccc3[S@@](=O)c3ccc(C)cc3)C[C@@]2(C)CC1=O. The number of nitrogens with zero attached hydrogens (tertiary/aromatic N) is 1. The third-order valence-corrected chi connectivity index (χ3v) is 7.83. The molecule has 0 spiro atoms. The zero-order valence-corrected chi connectivity index (χ0v) is 17.2. The summed E-state index contributed by atoms with van der Waals surface area (Å²) in [5.41, 5.74) is 2.86. The number of benzene rings is 2. The van der Waals surface area contributed by atoms with E-state index in [0.717, 1.165) is 27.2 Å². The summed E-state index contributed by atoms with van der Waals surface area (Å²) in [5.74, 6) is 0.195. The van der Waals surface area contributed by atoms with Crippen LogP contribution in [0, 0.1) is 23.7 Å². The predicted molar refractivity (Wildman–Crippen MR) is 109 cm³/mol. The van der Waals surface area contributed by atoms with Gasteiger partial charge in [0.15, 0.2) is 5.78 Å². The second kappa shape index (κ2) is 6.53. The van der Waals surface area contributed by atoms with Crippen LogP contribution in [0.4, 0.5) is 0 Å². The summed E-state index contributed by atoms with van der Waals surface area (Å²) in [6.07, 6.45) is 1.61. The van der Waals surface area contributed by atoms with E-state index in [2.05, 4.69) is 13.0 Å². The van der Waals surface area contributed by atoms with Crippen molar-refractivity contribution >= 4 is 16.6 Å². The Balaban J connectivity index is 1.82. The number of ketones is 1. The molecule has 2 aromatic rings. The van der Waals surface area contributed by atoms with Crippen molar-refractivity contribution in [3.8, 4) is 6.07 Å². The third kappa shape index (κ3) is 2.77. The normalized spacial score (nSPS) is 27.6. The van der Waals surface area contributed by atoms with Crippen molar-refractivity contribution in [2.45, 2.75) is 55.2 Å². The average molecular weight is 390 g/mol. The van der Waals surface area contributed by atoms with Gasteiger partial charge in [-0.1, -0.05) is 48.4 Å². The van der Waals surface area contributed by atoms with E-state index in [-0.39, 0.29) is 11.2 Å². The van der Waals surface area contributed by atoms with E-state index in [1.165, 1.54) is 0 Å². The summed E-state index contributed by atoms with van der Waals surface area (Å²) >= 11 is 0. The van der Waals surface area contributed by atoms with Crippen LogP contribution in [0.2, 0.25) is 0 Å². The Morgan fingerprint density at radius 1 is 1.04 bits per heavy atom. The zero-order valence-electron chi connectivity index (χ0n) is 16.4. The molecule has 28 heavy (non-hydrogen) atoms. The maximum absolute atomic E-state index is 13.4. The first kappa shape index (κ1) is 18.8. The highest BCUT2D eigenvalue weighted by atomic mass is 32.2. The lowest BCUT2D eigenvalue weighted by Gasteiger charge is -2.27. The van der Waals surface area contributed by atoms with Gasteiger partial charge in [0.2, 0.25) is 0 Å². The predicted octanol–water partition coefficient (Wildman–Crippen LogP) is 5.01. The molecule has 0 heterocycles. The lowest BCUT2D eigenvalue weighted by atomic mass is 9.75. The molecule has 1 saturated carbocycles. The minimum Gasteiger partial charge on any atom is -0.295 e. The Morgan fingerprint density at radius 2 is 1.71 bits per heavy atom. The van der Waals surface area contributed by atoms with Gasteiger partial charge in [0.05, 0.1) is 22.3 Å². The number of nitriles is 1. The van der Waals surface area contributed by atoms with Crippen LogP contribution in [0.3, 0.4) is 0 Å². The van der Waals surface area contributed by atoms with Crippen LogP contribution in [0.15, 0.2) is 69.5 Å². The van der Waals surface area contributed by atoms with Crippen LogP contribution in [0.25, 0.3) is 0 Å². The van der Waals surface area contributed by atoms with Crippen molar-refractivity contribution in [3.05, 3.63) is 70.8 Å². The van der Waals surface area contributed by atoms with Crippen molar-refractivity contribution in [3.63, 3.8) is 0 Å². The van der Waals surface area contributed by atoms with E-state index in [9.17, 15) is 14.3 Å². The topological polar surface area (TPSA) is 57.9 Å². The largest absolute Gasteiger partial charge is 0.295 e. The number of rotatable bonds is 3. The number of fused-ring (bicyclic) bond motifs is 1.